The van der Waals surface area contributed by atoms with E-state index in [0.29, 0.717) is 11.6 Å². The third kappa shape index (κ3) is 1.16. The summed E-state index contributed by atoms with van der Waals surface area (Å²) in [5.74, 6) is 0.684. The Morgan fingerprint density at radius 2 is 0.929 bits per heavy atom. The van der Waals surface area contributed by atoms with Gasteiger partial charge in [-0.1, -0.05) is 0 Å². The van der Waals surface area contributed by atoms with E-state index in [0.717, 1.165) is 38.5 Å². The Labute approximate surface area is 85.1 Å². The monoisotopic (exact) mass is 194 g/mol. The van der Waals surface area contributed by atoms with Crippen molar-refractivity contribution in [1.29, 1.82) is 0 Å². The van der Waals surface area contributed by atoms with Gasteiger partial charge in [0.2, 0.25) is 0 Å². The number of hydrogen-bond acceptors (Lipinski definition) is 2. The van der Waals surface area contributed by atoms with Crippen LogP contribution < -0.4 is 0 Å². The highest BCUT2D eigenvalue weighted by molar-refractivity contribution is 5.86. The van der Waals surface area contributed by atoms with Crippen molar-refractivity contribution >= 4 is 11.6 Å². The molecule has 0 atom stereocenters. The summed E-state index contributed by atoms with van der Waals surface area (Å²) < 4.78 is 0. The minimum absolute atomic E-state index is 0.0444. The second-order valence-corrected chi connectivity index (χ2v) is 5.17. The first kappa shape index (κ1) is 9.88. The minimum atomic E-state index is -0.0444. The Morgan fingerprint density at radius 3 is 1.07 bits per heavy atom. The van der Waals surface area contributed by atoms with Crippen LogP contribution in [0.5, 0.6) is 0 Å². The van der Waals surface area contributed by atoms with Crippen molar-refractivity contribution < 1.29 is 9.59 Å². The number of carbonyl (C=O) groups excluding carboxylic acids is 2. The van der Waals surface area contributed by atoms with Gasteiger partial charge in [0.15, 0.2) is 0 Å². The van der Waals surface area contributed by atoms with E-state index in [1.165, 1.54) is 0 Å². The van der Waals surface area contributed by atoms with Crippen LogP contribution in [0, 0.1) is 10.8 Å². The maximum absolute atomic E-state index is 11.6. The van der Waals surface area contributed by atoms with Crippen LogP contribution in [0.4, 0.5) is 0 Å². The van der Waals surface area contributed by atoms with Gasteiger partial charge in [0.1, 0.15) is 11.6 Å². The normalized spacial score (nSPS) is 41.0. The lowest BCUT2D eigenvalue weighted by Crippen LogP contribution is -2.47. The molecule has 0 spiro atoms. The molecule has 0 aromatic heterocycles. The fraction of sp³-hybridized carbons (Fsp3) is 0.833. The Kier molecular flexibility index (Phi) is 2.06. The fourth-order valence-electron chi connectivity index (χ4n) is 3.24. The summed E-state index contributed by atoms with van der Waals surface area (Å²) >= 11 is 0. The van der Waals surface area contributed by atoms with Crippen LogP contribution in [-0.4, -0.2) is 11.6 Å². The molecular formula is C12H18O2. The largest absolute Gasteiger partial charge is 0.299 e. The van der Waals surface area contributed by atoms with Crippen LogP contribution in [0.3, 0.4) is 0 Å². The maximum Gasteiger partial charge on any atom is 0.135 e. The van der Waals surface area contributed by atoms with Gasteiger partial charge in [-0.2, -0.15) is 0 Å². The molecule has 0 aromatic rings. The summed E-state index contributed by atoms with van der Waals surface area (Å²) in [6, 6.07) is 0. The molecule has 0 unspecified atom stereocenters. The molecule has 3 rings (SSSR count). The Morgan fingerprint density at radius 1 is 0.714 bits per heavy atom. The molecule has 0 saturated heterocycles. The summed E-state index contributed by atoms with van der Waals surface area (Å²) in [4.78, 5) is 23.1. The quantitative estimate of drug-likeness (QED) is 0.676. The Balaban J connectivity index is 2.21. The zero-order valence-corrected chi connectivity index (χ0v) is 9.06. The molecule has 0 radical (unpaired) electrons. The number of fused-ring (bicyclic) bond motifs is 3. The van der Waals surface area contributed by atoms with Crippen LogP contribution in [0.2, 0.25) is 0 Å². The van der Waals surface area contributed by atoms with E-state index in [1.807, 2.05) is 0 Å². The van der Waals surface area contributed by atoms with Gasteiger partial charge in [0.25, 0.3) is 0 Å². The molecule has 2 heteroatoms. The average molecular weight is 194 g/mol. The highest BCUT2D eigenvalue weighted by Gasteiger charge is 2.52. The molecule has 2 nitrogen and oxygen atoms in total. The molecule has 78 valence electrons. The topological polar surface area (TPSA) is 34.1 Å². The lowest BCUT2D eigenvalue weighted by atomic mass is 9.51. The summed E-state index contributed by atoms with van der Waals surface area (Å²) in [5, 5.41) is 0. The molecule has 3 aliphatic carbocycles. The molecule has 0 heterocycles. The van der Waals surface area contributed by atoms with E-state index in [-0.39, 0.29) is 10.8 Å². The van der Waals surface area contributed by atoms with Gasteiger partial charge in [-0.3, -0.25) is 9.59 Å². The molecule has 0 amide bonds. The molecule has 3 aliphatic rings. The van der Waals surface area contributed by atoms with E-state index in [9.17, 15) is 9.59 Å². The lowest BCUT2D eigenvalue weighted by molar-refractivity contribution is -0.145. The molecule has 2 bridgehead atoms. The van der Waals surface area contributed by atoms with Crippen molar-refractivity contribution in [1.82, 2.24) is 0 Å². The number of rotatable bonds is 2. The number of ketones is 2. The van der Waals surface area contributed by atoms with Gasteiger partial charge >= 0.3 is 0 Å². The average Bonchev–Trinajstić information content (AvgIpc) is 2.20. The third-order valence-corrected chi connectivity index (χ3v) is 4.74. The van der Waals surface area contributed by atoms with Gasteiger partial charge in [0.05, 0.1) is 0 Å². The molecule has 0 aromatic carbocycles. The van der Waals surface area contributed by atoms with Gasteiger partial charge in [-0.15, -0.1) is 0 Å². The van der Waals surface area contributed by atoms with E-state index < -0.39 is 0 Å². The zero-order valence-electron chi connectivity index (χ0n) is 9.06. The summed E-state index contributed by atoms with van der Waals surface area (Å²) in [5.41, 5.74) is -0.0889. The first-order valence-corrected chi connectivity index (χ1v) is 5.53. The van der Waals surface area contributed by atoms with Crippen molar-refractivity contribution in [3.63, 3.8) is 0 Å². The van der Waals surface area contributed by atoms with E-state index in [4.69, 9.17) is 0 Å². The molecule has 0 aliphatic heterocycles. The van der Waals surface area contributed by atoms with Crippen molar-refractivity contribution in [3.05, 3.63) is 0 Å². The lowest BCUT2D eigenvalue weighted by Gasteiger charge is -2.51. The molecule has 3 saturated carbocycles. The van der Waals surface area contributed by atoms with Gasteiger partial charge in [-0.05, 0) is 52.4 Å². The summed E-state index contributed by atoms with van der Waals surface area (Å²) in [6.45, 7) is 3.43. The number of carbonyl (C=O) groups is 2. The standard InChI is InChI=1S/C12H18O2/c1-9(13)11-3-6-12(7-4-11,8-5-11)10(2)14/h3-8H2,1-2H3. The zero-order chi connectivity index (χ0) is 10.4. The number of hydrogen-bond donors (Lipinski definition) is 0. The van der Waals surface area contributed by atoms with Gasteiger partial charge < -0.3 is 0 Å². The summed E-state index contributed by atoms with van der Waals surface area (Å²) in [6.07, 6.45) is 5.68. The van der Waals surface area contributed by atoms with E-state index in [2.05, 4.69) is 0 Å². The first-order chi connectivity index (χ1) is 6.51. The highest BCUT2D eigenvalue weighted by Crippen LogP contribution is 2.57. The van der Waals surface area contributed by atoms with Crippen LogP contribution in [-0.2, 0) is 9.59 Å². The minimum Gasteiger partial charge on any atom is -0.299 e. The first-order valence-electron chi connectivity index (χ1n) is 5.53. The Hall–Kier alpha value is -0.660. The second-order valence-electron chi connectivity index (χ2n) is 5.17. The molecule has 3 fully saturated rings. The van der Waals surface area contributed by atoms with Crippen molar-refractivity contribution in [2.24, 2.45) is 10.8 Å². The predicted octanol–water partition coefficient (Wildman–Crippen LogP) is 2.51. The number of Topliss-reactive ketones (excluding diaryl/α,β-unsaturated/α-hetero) is 2. The van der Waals surface area contributed by atoms with Crippen molar-refractivity contribution in [2.45, 2.75) is 52.4 Å². The molecule has 0 N–H and O–H groups in total. The van der Waals surface area contributed by atoms with Crippen molar-refractivity contribution in [3.8, 4) is 0 Å². The van der Waals surface area contributed by atoms with Crippen molar-refractivity contribution in [2.75, 3.05) is 0 Å². The smallest absolute Gasteiger partial charge is 0.135 e. The van der Waals surface area contributed by atoms with E-state index >= 15 is 0 Å². The van der Waals surface area contributed by atoms with Crippen LogP contribution >= 0.6 is 0 Å². The van der Waals surface area contributed by atoms with Gasteiger partial charge in [0, 0.05) is 10.8 Å². The predicted molar refractivity (Wildman–Crippen MR) is 53.9 cm³/mol. The summed E-state index contributed by atoms with van der Waals surface area (Å²) in [7, 11) is 0. The maximum atomic E-state index is 11.6. The Bertz CT molecular complexity index is 236. The second kappa shape index (κ2) is 2.91. The van der Waals surface area contributed by atoms with Gasteiger partial charge in [-0.25, -0.2) is 0 Å². The van der Waals surface area contributed by atoms with Crippen LogP contribution in [0.15, 0.2) is 0 Å². The fourth-order valence-corrected chi connectivity index (χ4v) is 3.24. The molecular weight excluding hydrogens is 176 g/mol. The third-order valence-electron chi connectivity index (χ3n) is 4.74. The van der Waals surface area contributed by atoms with Crippen LogP contribution in [0.1, 0.15) is 52.4 Å². The molecule has 14 heavy (non-hydrogen) atoms. The SMILES string of the molecule is CC(=O)C12CCC(C(C)=O)(CC1)CC2. The van der Waals surface area contributed by atoms with E-state index in [1.54, 1.807) is 13.8 Å². The highest BCUT2D eigenvalue weighted by atomic mass is 16.1. The van der Waals surface area contributed by atoms with Crippen LogP contribution in [0.25, 0.3) is 0 Å².